The van der Waals surface area contributed by atoms with Crippen molar-refractivity contribution in [3.63, 3.8) is 0 Å². The Hall–Kier alpha value is -0.820. The van der Waals surface area contributed by atoms with Gasteiger partial charge in [-0.25, -0.2) is 13.2 Å². The SMILES string of the molecule is CC(O)CNC(=O)NCC1CCS(=O)(=O)C1. The van der Waals surface area contributed by atoms with E-state index in [2.05, 4.69) is 10.6 Å². The highest BCUT2D eigenvalue weighted by Gasteiger charge is 2.27. The van der Waals surface area contributed by atoms with Crippen LogP contribution < -0.4 is 10.6 Å². The topological polar surface area (TPSA) is 95.5 Å². The van der Waals surface area contributed by atoms with Gasteiger partial charge in [0.25, 0.3) is 0 Å². The van der Waals surface area contributed by atoms with Crippen LogP contribution in [0.3, 0.4) is 0 Å². The Kier molecular flexibility index (Phi) is 4.55. The lowest BCUT2D eigenvalue weighted by Crippen LogP contribution is -2.41. The summed E-state index contributed by atoms with van der Waals surface area (Å²) < 4.78 is 22.3. The van der Waals surface area contributed by atoms with Gasteiger partial charge in [-0.15, -0.1) is 0 Å². The number of carbonyl (C=O) groups is 1. The number of hydrogen-bond donors (Lipinski definition) is 3. The zero-order valence-electron chi connectivity index (χ0n) is 9.27. The minimum atomic E-state index is -2.88. The largest absolute Gasteiger partial charge is 0.392 e. The summed E-state index contributed by atoms with van der Waals surface area (Å²) >= 11 is 0. The predicted molar refractivity (Wildman–Crippen MR) is 59.8 cm³/mol. The smallest absolute Gasteiger partial charge is 0.314 e. The van der Waals surface area contributed by atoms with Gasteiger partial charge in [0.2, 0.25) is 0 Å². The van der Waals surface area contributed by atoms with Crippen LogP contribution in [0.4, 0.5) is 4.79 Å². The summed E-state index contributed by atoms with van der Waals surface area (Å²) in [5.41, 5.74) is 0. The Morgan fingerprint density at radius 3 is 2.69 bits per heavy atom. The summed E-state index contributed by atoms with van der Waals surface area (Å²) in [7, 11) is -2.88. The molecule has 7 heteroatoms. The third-order valence-electron chi connectivity index (χ3n) is 2.44. The minimum absolute atomic E-state index is 0.0160. The number of aliphatic hydroxyl groups is 1. The fourth-order valence-electron chi connectivity index (χ4n) is 1.57. The molecule has 2 amide bonds. The highest BCUT2D eigenvalue weighted by atomic mass is 32.2. The number of nitrogens with one attached hydrogen (secondary N) is 2. The zero-order chi connectivity index (χ0) is 12.2. The fourth-order valence-corrected chi connectivity index (χ4v) is 3.43. The molecule has 0 aliphatic carbocycles. The van der Waals surface area contributed by atoms with Crippen molar-refractivity contribution < 1.29 is 18.3 Å². The summed E-state index contributed by atoms with van der Waals surface area (Å²) in [6.45, 7) is 2.13. The van der Waals surface area contributed by atoms with Crippen molar-refractivity contribution in [3.8, 4) is 0 Å². The van der Waals surface area contributed by atoms with Gasteiger partial charge in [-0.1, -0.05) is 0 Å². The maximum atomic E-state index is 11.2. The molecule has 1 heterocycles. The highest BCUT2D eigenvalue weighted by molar-refractivity contribution is 7.91. The second kappa shape index (κ2) is 5.49. The first-order valence-corrected chi connectivity index (χ1v) is 7.11. The molecule has 0 aromatic heterocycles. The Bertz CT molecular complexity index is 339. The summed E-state index contributed by atoms with van der Waals surface area (Å²) in [6, 6.07) is -0.370. The van der Waals surface area contributed by atoms with Gasteiger partial charge in [-0.05, 0) is 19.3 Å². The van der Waals surface area contributed by atoms with Gasteiger partial charge in [0.15, 0.2) is 9.84 Å². The normalized spacial score (nSPS) is 25.0. The van der Waals surface area contributed by atoms with E-state index in [1.54, 1.807) is 6.92 Å². The van der Waals surface area contributed by atoms with Gasteiger partial charge in [0.05, 0.1) is 17.6 Å². The molecule has 0 spiro atoms. The lowest BCUT2D eigenvalue weighted by atomic mass is 10.1. The lowest BCUT2D eigenvalue weighted by Gasteiger charge is -2.11. The van der Waals surface area contributed by atoms with E-state index in [1.807, 2.05) is 0 Å². The Balaban J connectivity index is 2.18. The van der Waals surface area contributed by atoms with Crippen molar-refractivity contribution >= 4 is 15.9 Å². The molecule has 0 radical (unpaired) electrons. The number of rotatable bonds is 4. The molecule has 2 unspecified atom stereocenters. The summed E-state index contributed by atoms with van der Waals surface area (Å²) in [4.78, 5) is 11.2. The van der Waals surface area contributed by atoms with Gasteiger partial charge >= 0.3 is 6.03 Å². The first-order chi connectivity index (χ1) is 7.39. The molecule has 1 aliphatic heterocycles. The number of amides is 2. The van der Waals surface area contributed by atoms with E-state index in [0.717, 1.165) is 0 Å². The molecule has 1 fully saturated rings. The van der Waals surface area contributed by atoms with Crippen LogP contribution in [0.2, 0.25) is 0 Å². The van der Waals surface area contributed by atoms with Gasteiger partial charge in [0, 0.05) is 13.1 Å². The molecule has 0 saturated carbocycles. The summed E-state index contributed by atoms with van der Waals surface area (Å²) in [5, 5.41) is 14.0. The van der Waals surface area contributed by atoms with Crippen LogP contribution in [0, 0.1) is 5.92 Å². The van der Waals surface area contributed by atoms with Gasteiger partial charge in [-0.3, -0.25) is 0 Å². The molecule has 16 heavy (non-hydrogen) atoms. The first-order valence-electron chi connectivity index (χ1n) is 5.29. The van der Waals surface area contributed by atoms with Crippen molar-refractivity contribution in [3.05, 3.63) is 0 Å². The van der Waals surface area contributed by atoms with Gasteiger partial charge < -0.3 is 15.7 Å². The van der Waals surface area contributed by atoms with E-state index < -0.39 is 15.9 Å². The van der Waals surface area contributed by atoms with Crippen LogP contribution in [0.5, 0.6) is 0 Å². The van der Waals surface area contributed by atoms with E-state index in [1.165, 1.54) is 0 Å². The average Bonchev–Trinajstić information content (AvgIpc) is 2.52. The molecule has 2 atom stereocenters. The molecular formula is C9H18N2O4S. The van der Waals surface area contributed by atoms with E-state index >= 15 is 0 Å². The van der Waals surface area contributed by atoms with Crippen molar-refractivity contribution in [1.29, 1.82) is 0 Å². The zero-order valence-corrected chi connectivity index (χ0v) is 10.1. The summed E-state index contributed by atoms with van der Waals surface area (Å²) in [5.74, 6) is 0.389. The molecular weight excluding hydrogens is 232 g/mol. The van der Waals surface area contributed by atoms with E-state index in [4.69, 9.17) is 5.11 Å². The van der Waals surface area contributed by atoms with E-state index in [0.29, 0.717) is 13.0 Å². The molecule has 0 aromatic carbocycles. The third kappa shape index (κ3) is 4.80. The lowest BCUT2D eigenvalue weighted by molar-refractivity contribution is 0.187. The number of carbonyl (C=O) groups excluding carboxylic acids is 1. The molecule has 94 valence electrons. The van der Waals surface area contributed by atoms with Crippen molar-refractivity contribution in [2.45, 2.75) is 19.4 Å². The quantitative estimate of drug-likeness (QED) is 0.602. The van der Waals surface area contributed by atoms with Crippen molar-refractivity contribution in [2.75, 3.05) is 24.6 Å². The van der Waals surface area contributed by atoms with Crippen molar-refractivity contribution in [2.24, 2.45) is 5.92 Å². The average molecular weight is 250 g/mol. The van der Waals surface area contributed by atoms with Crippen LogP contribution in [-0.2, 0) is 9.84 Å². The van der Waals surface area contributed by atoms with E-state index in [9.17, 15) is 13.2 Å². The van der Waals surface area contributed by atoms with E-state index in [-0.39, 0.29) is 30.0 Å². The summed E-state index contributed by atoms with van der Waals surface area (Å²) in [6.07, 6.45) is 0.0246. The third-order valence-corrected chi connectivity index (χ3v) is 4.27. The molecule has 1 saturated heterocycles. The minimum Gasteiger partial charge on any atom is -0.392 e. The fraction of sp³-hybridized carbons (Fsp3) is 0.889. The second-order valence-corrected chi connectivity index (χ2v) is 6.44. The molecule has 3 N–H and O–H groups in total. The molecule has 0 bridgehead atoms. The molecule has 1 rings (SSSR count). The van der Waals surface area contributed by atoms with Crippen LogP contribution in [0.25, 0.3) is 0 Å². The highest BCUT2D eigenvalue weighted by Crippen LogP contribution is 2.17. The van der Waals surface area contributed by atoms with Gasteiger partial charge in [-0.2, -0.15) is 0 Å². The number of aliphatic hydroxyl groups excluding tert-OH is 1. The Morgan fingerprint density at radius 2 is 2.19 bits per heavy atom. The maximum Gasteiger partial charge on any atom is 0.314 e. The van der Waals surface area contributed by atoms with Crippen molar-refractivity contribution in [1.82, 2.24) is 10.6 Å². The predicted octanol–water partition coefficient (Wildman–Crippen LogP) is -0.899. The first kappa shape index (κ1) is 13.2. The Morgan fingerprint density at radius 1 is 1.50 bits per heavy atom. The monoisotopic (exact) mass is 250 g/mol. The van der Waals surface area contributed by atoms with Crippen LogP contribution >= 0.6 is 0 Å². The number of sulfone groups is 1. The van der Waals surface area contributed by atoms with Crippen LogP contribution in [-0.4, -0.2) is 50.3 Å². The standard InChI is InChI=1S/C9H18N2O4S/c1-7(12)4-10-9(13)11-5-8-2-3-16(14,15)6-8/h7-8,12H,2-6H2,1H3,(H2,10,11,13). The molecule has 1 aliphatic rings. The van der Waals surface area contributed by atoms with Crippen LogP contribution in [0.1, 0.15) is 13.3 Å². The molecule has 6 nitrogen and oxygen atoms in total. The second-order valence-electron chi connectivity index (χ2n) is 4.21. The maximum absolute atomic E-state index is 11.2. The molecule has 0 aromatic rings. The Labute approximate surface area is 95.3 Å². The van der Waals surface area contributed by atoms with Crippen LogP contribution in [0.15, 0.2) is 0 Å². The number of urea groups is 1. The number of hydrogen-bond acceptors (Lipinski definition) is 4. The van der Waals surface area contributed by atoms with Gasteiger partial charge in [0.1, 0.15) is 0 Å².